The second-order valence-electron chi connectivity index (χ2n) is 5.45. The summed E-state index contributed by atoms with van der Waals surface area (Å²) in [7, 11) is -3.18. The lowest BCUT2D eigenvalue weighted by Gasteiger charge is -2.11. The Labute approximate surface area is 113 Å². The maximum Gasteiger partial charge on any atom is 0.306 e. The van der Waals surface area contributed by atoms with Gasteiger partial charge >= 0.3 is 5.97 Å². The van der Waals surface area contributed by atoms with E-state index in [-0.39, 0.29) is 17.8 Å². The Kier molecular flexibility index (Phi) is 3.67. The third-order valence-electron chi connectivity index (χ3n) is 3.77. The van der Waals surface area contributed by atoms with Crippen LogP contribution < -0.4 is 0 Å². The first-order valence-corrected chi connectivity index (χ1v) is 8.20. The topological polar surface area (TPSA) is 71.4 Å². The Balaban J connectivity index is 2.06. The van der Waals surface area contributed by atoms with Gasteiger partial charge in [0.1, 0.15) is 0 Å². The van der Waals surface area contributed by atoms with E-state index in [2.05, 4.69) is 0 Å². The second-order valence-corrected chi connectivity index (χ2v) is 7.46. The standard InChI is InChI=1S/C14H18O4S/c1-9(12-8-13(12)14(15)16)6-10-4-3-5-11(7-10)19(2,17)18/h3-5,7,9,12-13H,6,8H2,1-2H3,(H,15,16). The van der Waals surface area contributed by atoms with Gasteiger partial charge in [0.05, 0.1) is 10.8 Å². The van der Waals surface area contributed by atoms with Crippen molar-refractivity contribution in [2.45, 2.75) is 24.7 Å². The summed E-state index contributed by atoms with van der Waals surface area (Å²) >= 11 is 0. The Morgan fingerprint density at radius 3 is 2.68 bits per heavy atom. The molecule has 1 fully saturated rings. The second kappa shape index (κ2) is 4.96. The fraction of sp³-hybridized carbons (Fsp3) is 0.500. The van der Waals surface area contributed by atoms with Gasteiger partial charge in [0.25, 0.3) is 0 Å². The number of sulfone groups is 1. The van der Waals surface area contributed by atoms with Crippen LogP contribution in [0.2, 0.25) is 0 Å². The van der Waals surface area contributed by atoms with Gasteiger partial charge in [-0.2, -0.15) is 0 Å². The molecule has 4 nitrogen and oxygen atoms in total. The maximum atomic E-state index is 11.5. The predicted octanol–water partition coefficient (Wildman–Crippen LogP) is 1.99. The van der Waals surface area contributed by atoms with E-state index in [1.165, 1.54) is 6.26 Å². The Hall–Kier alpha value is -1.36. The third kappa shape index (κ3) is 3.35. The van der Waals surface area contributed by atoms with Gasteiger partial charge in [0, 0.05) is 6.26 Å². The number of hydrogen-bond donors (Lipinski definition) is 1. The average molecular weight is 282 g/mol. The molecule has 3 atom stereocenters. The number of aliphatic carboxylic acids is 1. The van der Waals surface area contributed by atoms with Crippen LogP contribution >= 0.6 is 0 Å². The van der Waals surface area contributed by atoms with Crippen molar-refractivity contribution >= 4 is 15.8 Å². The zero-order chi connectivity index (χ0) is 14.2. The number of rotatable bonds is 5. The van der Waals surface area contributed by atoms with Gasteiger partial charge < -0.3 is 5.11 Å². The van der Waals surface area contributed by atoms with Crippen LogP contribution in [-0.4, -0.2) is 25.7 Å². The lowest BCUT2D eigenvalue weighted by Crippen LogP contribution is -2.08. The van der Waals surface area contributed by atoms with Crippen molar-refractivity contribution in [2.75, 3.05) is 6.26 Å². The summed E-state index contributed by atoms with van der Waals surface area (Å²) in [5, 5.41) is 8.91. The van der Waals surface area contributed by atoms with Gasteiger partial charge in [-0.3, -0.25) is 4.79 Å². The maximum absolute atomic E-state index is 11.5. The number of carboxylic acids is 1. The van der Waals surface area contributed by atoms with Crippen LogP contribution in [-0.2, 0) is 21.1 Å². The van der Waals surface area contributed by atoms with Crippen LogP contribution in [0.1, 0.15) is 18.9 Å². The molecular weight excluding hydrogens is 264 g/mol. The molecule has 0 saturated heterocycles. The van der Waals surface area contributed by atoms with Gasteiger partial charge in [-0.25, -0.2) is 8.42 Å². The molecule has 0 amide bonds. The Bertz CT molecular complexity index is 591. The number of hydrogen-bond acceptors (Lipinski definition) is 3. The van der Waals surface area contributed by atoms with Gasteiger partial charge in [-0.05, 0) is 42.4 Å². The quantitative estimate of drug-likeness (QED) is 0.896. The van der Waals surface area contributed by atoms with Crippen LogP contribution in [0.3, 0.4) is 0 Å². The van der Waals surface area contributed by atoms with Gasteiger partial charge in [-0.1, -0.05) is 19.1 Å². The van der Waals surface area contributed by atoms with Gasteiger partial charge in [-0.15, -0.1) is 0 Å². The fourth-order valence-electron chi connectivity index (χ4n) is 2.55. The molecule has 1 aromatic rings. The predicted molar refractivity (Wildman–Crippen MR) is 71.7 cm³/mol. The molecule has 0 radical (unpaired) electrons. The monoisotopic (exact) mass is 282 g/mol. The van der Waals surface area contributed by atoms with E-state index in [4.69, 9.17) is 5.11 Å². The molecule has 0 heterocycles. The van der Waals surface area contributed by atoms with Gasteiger partial charge in [0.15, 0.2) is 9.84 Å². The molecule has 104 valence electrons. The molecule has 1 N–H and O–H groups in total. The van der Waals surface area contributed by atoms with Crippen LogP contribution in [0.4, 0.5) is 0 Å². The summed E-state index contributed by atoms with van der Waals surface area (Å²) in [5.74, 6) is -0.454. The minimum atomic E-state index is -3.18. The molecule has 1 aromatic carbocycles. The van der Waals surface area contributed by atoms with E-state index < -0.39 is 15.8 Å². The van der Waals surface area contributed by atoms with Crippen LogP contribution in [0, 0.1) is 17.8 Å². The number of carbonyl (C=O) groups is 1. The van der Waals surface area contributed by atoms with E-state index in [1.54, 1.807) is 18.2 Å². The molecule has 1 saturated carbocycles. The first-order chi connectivity index (χ1) is 8.79. The summed E-state index contributed by atoms with van der Waals surface area (Å²) in [6.45, 7) is 2.03. The van der Waals surface area contributed by atoms with Crippen molar-refractivity contribution in [1.29, 1.82) is 0 Å². The highest BCUT2D eigenvalue weighted by molar-refractivity contribution is 7.90. The summed E-state index contributed by atoms with van der Waals surface area (Å²) in [4.78, 5) is 11.2. The summed E-state index contributed by atoms with van der Waals surface area (Å²) in [6.07, 6.45) is 2.65. The molecule has 0 bridgehead atoms. The zero-order valence-corrected chi connectivity index (χ0v) is 11.9. The van der Waals surface area contributed by atoms with E-state index in [9.17, 15) is 13.2 Å². The fourth-order valence-corrected chi connectivity index (χ4v) is 3.24. The van der Waals surface area contributed by atoms with E-state index in [0.29, 0.717) is 4.90 Å². The highest BCUT2D eigenvalue weighted by Crippen LogP contribution is 2.45. The highest BCUT2D eigenvalue weighted by Gasteiger charge is 2.45. The van der Waals surface area contributed by atoms with Crippen molar-refractivity contribution in [1.82, 2.24) is 0 Å². The largest absolute Gasteiger partial charge is 0.481 e. The third-order valence-corrected chi connectivity index (χ3v) is 4.88. The van der Waals surface area contributed by atoms with Crippen molar-refractivity contribution in [3.8, 4) is 0 Å². The minimum absolute atomic E-state index is 0.215. The first kappa shape index (κ1) is 14.1. The average Bonchev–Trinajstić information content (AvgIpc) is 3.08. The number of carboxylic acid groups (broad SMARTS) is 1. The molecule has 0 spiro atoms. The lowest BCUT2D eigenvalue weighted by molar-refractivity contribution is -0.139. The summed E-state index contributed by atoms with van der Waals surface area (Å²) in [6, 6.07) is 6.90. The highest BCUT2D eigenvalue weighted by atomic mass is 32.2. The lowest BCUT2D eigenvalue weighted by atomic mass is 9.95. The Morgan fingerprint density at radius 2 is 2.16 bits per heavy atom. The zero-order valence-electron chi connectivity index (χ0n) is 11.0. The van der Waals surface area contributed by atoms with Crippen LogP contribution in [0.5, 0.6) is 0 Å². The minimum Gasteiger partial charge on any atom is -0.481 e. The SMILES string of the molecule is CC(Cc1cccc(S(C)(=O)=O)c1)C1CC1C(=O)O. The molecule has 3 unspecified atom stereocenters. The molecule has 5 heteroatoms. The normalized spacial score (nSPS) is 23.9. The van der Waals surface area contributed by atoms with Crippen LogP contribution in [0.15, 0.2) is 29.2 Å². The summed E-state index contributed by atoms with van der Waals surface area (Å²) < 4.78 is 23.0. The van der Waals surface area contributed by atoms with Crippen molar-refractivity contribution in [3.63, 3.8) is 0 Å². The molecule has 19 heavy (non-hydrogen) atoms. The van der Waals surface area contributed by atoms with E-state index in [1.807, 2.05) is 13.0 Å². The molecule has 0 aromatic heterocycles. The molecular formula is C14H18O4S. The van der Waals surface area contributed by atoms with Crippen LogP contribution in [0.25, 0.3) is 0 Å². The molecule has 1 aliphatic rings. The van der Waals surface area contributed by atoms with Crippen molar-refractivity contribution < 1.29 is 18.3 Å². The van der Waals surface area contributed by atoms with Crippen molar-refractivity contribution in [2.24, 2.45) is 17.8 Å². The van der Waals surface area contributed by atoms with E-state index >= 15 is 0 Å². The van der Waals surface area contributed by atoms with Crippen molar-refractivity contribution in [3.05, 3.63) is 29.8 Å². The molecule has 1 aliphatic carbocycles. The molecule has 0 aliphatic heterocycles. The van der Waals surface area contributed by atoms with Gasteiger partial charge in [0.2, 0.25) is 0 Å². The number of benzene rings is 1. The summed E-state index contributed by atoms with van der Waals surface area (Å²) in [5.41, 5.74) is 0.950. The first-order valence-electron chi connectivity index (χ1n) is 6.31. The molecule has 2 rings (SSSR count). The Morgan fingerprint density at radius 1 is 1.47 bits per heavy atom. The van der Waals surface area contributed by atoms with E-state index in [0.717, 1.165) is 18.4 Å². The smallest absolute Gasteiger partial charge is 0.306 e.